The number of rotatable bonds is 8. The van der Waals surface area contributed by atoms with Gasteiger partial charge in [0, 0.05) is 12.4 Å². The van der Waals surface area contributed by atoms with Gasteiger partial charge in [0.2, 0.25) is 0 Å². The molecule has 0 saturated heterocycles. The van der Waals surface area contributed by atoms with Crippen LogP contribution < -0.4 is 4.74 Å². The Morgan fingerprint density at radius 3 is 3.00 bits per heavy atom. The molecule has 0 spiro atoms. The molecule has 0 fully saturated rings. The molecule has 0 N–H and O–H groups in total. The lowest BCUT2D eigenvalue weighted by atomic mass is 10.1. The van der Waals surface area contributed by atoms with Gasteiger partial charge in [0.05, 0.1) is 19.0 Å². The van der Waals surface area contributed by atoms with Crippen molar-refractivity contribution in [1.29, 1.82) is 0 Å². The van der Waals surface area contributed by atoms with E-state index in [0.717, 1.165) is 44.0 Å². The highest BCUT2D eigenvalue weighted by molar-refractivity contribution is 6.17. The van der Waals surface area contributed by atoms with E-state index >= 15 is 0 Å². The fraction of sp³-hybridized carbons (Fsp3) is 0.750. The minimum Gasteiger partial charge on any atom is -0.490 e. The summed E-state index contributed by atoms with van der Waals surface area (Å²) in [6.45, 7) is 6.03. The van der Waals surface area contributed by atoms with Gasteiger partial charge in [-0.25, -0.2) is 0 Å². The third-order valence-corrected chi connectivity index (χ3v) is 2.76. The molecule has 0 aliphatic carbocycles. The lowest BCUT2D eigenvalue weighted by Gasteiger charge is -2.09. The monoisotopic (exact) mass is 244 g/mol. The molecule has 1 rings (SSSR count). The van der Waals surface area contributed by atoms with Crippen molar-refractivity contribution >= 4 is 11.6 Å². The van der Waals surface area contributed by atoms with Crippen LogP contribution in [-0.4, -0.2) is 22.3 Å². The van der Waals surface area contributed by atoms with Gasteiger partial charge in [0.25, 0.3) is 0 Å². The number of aromatic nitrogens is 2. The van der Waals surface area contributed by atoms with Crippen LogP contribution in [-0.2, 0) is 6.54 Å². The van der Waals surface area contributed by atoms with Crippen molar-refractivity contribution in [3.8, 4) is 5.75 Å². The fourth-order valence-corrected chi connectivity index (χ4v) is 1.85. The van der Waals surface area contributed by atoms with E-state index in [9.17, 15) is 0 Å². The van der Waals surface area contributed by atoms with Gasteiger partial charge in [0.1, 0.15) is 0 Å². The maximum absolute atomic E-state index is 5.68. The molecule has 92 valence electrons. The van der Waals surface area contributed by atoms with Crippen LogP contribution in [0.15, 0.2) is 12.4 Å². The largest absolute Gasteiger partial charge is 0.490 e. The third-order valence-electron chi connectivity index (χ3n) is 2.54. The van der Waals surface area contributed by atoms with Gasteiger partial charge in [0.15, 0.2) is 5.75 Å². The number of aryl methyl sites for hydroxylation is 1. The molecule has 0 radical (unpaired) electrons. The van der Waals surface area contributed by atoms with Crippen LogP contribution in [0.25, 0.3) is 0 Å². The van der Waals surface area contributed by atoms with Gasteiger partial charge >= 0.3 is 0 Å². The van der Waals surface area contributed by atoms with E-state index in [4.69, 9.17) is 16.3 Å². The minimum absolute atomic E-state index is 0.628. The van der Waals surface area contributed by atoms with Crippen molar-refractivity contribution < 1.29 is 4.74 Å². The summed E-state index contributed by atoms with van der Waals surface area (Å²) in [7, 11) is 0. The number of hydrogen-bond donors (Lipinski definition) is 0. The van der Waals surface area contributed by atoms with Crippen molar-refractivity contribution in [3.05, 3.63) is 12.4 Å². The molecule has 1 aromatic heterocycles. The number of nitrogens with zero attached hydrogens (tertiary/aromatic N) is 2. The lowest BCUT2D eigenvalue weighted by molar-refractivity contribution is 0.281. The zero-order chi connectivity index (χ0) is 11.8. The molecular formula is C12H21ClN2O. The van der Waals surface area contributed by atoms with Gasteiger partial charge in [-0.3, -0.25) is 4.68 Å². The van der Waals surface area contributed by atoms with Crippen molar-refractivity contribution in [2.45, 2.75) is 39.7 Å². The average molecular weight is 245 g/mol. The Morgan fingerprint density at radius 2 is 2.31 bits per heavy atom. The Hall–Kier alpha value is -0.700. The van der Waals surface area contributed by atoms with E-state index in [1.54, 1.807) is 6.20 Å². The Labute approximate surface area is 103 Å². The molecular weight excluding hydrogens is 224 g/mol. The molecule has 1 heterocycles. The number of ether oxygens (including phenoxy) is 1. The van der Waals surface area contributed by atoms with E-state index in [2.05, 4.69) is 18.9 Å². The zero-order valence-corrected chi connectivity index (χ0v) is 10.9. The predicted molar refractivity (Wildman–Crippen MR) is 67.1 cm³/mol. The summed E-state index contributed by atoms with van der Waals surface area (Å²) >= 11 is 5.68. The van der Waals surface area contributed by atoms with Crippen LogP contribution in [0.5, 0.6) is 5.75 Å². The van der Waals surface area contributed by atoms with Crippen molar-refractivity contribution in [2.24, 2.45) is 5.92 Å². The second kappa shape index (κ2) is 7.55. The molecule has 1 unspecified atom stereocenters. The highest BCUT2D eigenvalue weighted by atomic mass is 35.5. The Kier molecular flexibility index (Phi) is 6.31. The van der Waals surface area contributed by atoms with E-state index in [-0.39, 0.29) is 0 Å². The van der Waals surface area contributed by atoms with E-state index in [1.807, 2.05) is 10.9 Å². The normalized spacial score (nSPS) is 12.7. The van der Waals surface area contributed by atoms with Crippen LogP contribution in [0.1, 0.15) is 33.1 Å². The van der Waals surface area contributed by atoms with Crippen LogP contribution in [0.3, 0.4) is 0 Å². The molecule has 3 nitrogen and oxygen atoms in total. The molecule has 0 aliphatic rings. The Bertz CT molecular complexity index is 288. The molecule has 0 aromatic carbocycles. The number of alkyl halides is 1. The summed E-state index contributed by atoms with van der Waals surface area (Å²) in [6.07, 6.45) is 6.93. The average Bonchev–Trinajstić information content (AvgIpc) is 2.67. The molecule has 4 heteroatoms. The quantitative estimate of drug-likeness (QED) is 0.656. The standard InChI is InChI=1S/C12H21ClN2O/c1-3-7-15-10-12(9-14-15)16-8-5-11(2)4-6-13/h9-11H,3-8H2,1-2H3. The second-order valence-electron chi connectivity index (χ2n) is 4.16. The first kappa shape index (κ1) is 13.4. The molecule has 0 bridgehead atoms. The topological polar surface area (TPSA) is 27.1 Å². The predicted octanol–water partition coefficient (Wildman–Crippen LogP) is 3.33. The highest BCUT2D eigenvalue weighted by Gasteiger charge is 2.03. The van der Waals surface area contributed by atoms with Crippen molar-refractivity contribution in [3.63, 3.8) is 0 Å². The number of halogens is 1. The summed E-state index contributed by atoms with van der Waals surface area (Å²) in [5.74, 6) is 2.23. The molecule has 0 amide bonds. The Morgan fingerprint density at radius 1 is 1.50 bits per heavy atom. The summed E-state index contributed by atoms with van der Waals surface area (Å²) in [4.78, 5) is 0. The van der Waals surface area contributed by atoms with Gasteiger partial charge in [-0.15, -0.1) is 11.6 Å². The van der Waals surface area contributed by atoms with Crippen LogP contribution in [0, 0.1) is 5.92 Å². The summed E-state index contributed by atoms with van der Waals surface area (Å²) in [5.41, 5.74) is 0. The SMILES string of the molecule is CCCn1cc(OCCC(C)CCCl)cn1. The number of hydrogen-bond acceptors (Lipinski definition) is 2. The first-order valence-corrected chi connectivity index (χ1v) is 6.51. The van der Waals surface area contributed by atoms with Crippen molar-refractivity contribution in [2.75, 3.05) is 12.5 Å². The van der Waals surface area contributed by atoms with E-state index < -0.39 is 0 Å². The summed E-state index contributed by atoms with van der Waals surface area (Å²) < 4.78 is 7.54. The molecule has 1 aromatic rings. The van der Waals surface area contributed by atoms with Gasteiger partial charge < -0.3 is 4.74 Å². The second-order valence-corrected chi connectivity index (χ2v) is 4.54. The first-order chi connectivity index (χ1) is 7.76. The van der Waals surface area contributed by atoms with Gasteiger partial charge in [-0.05, 0) is 25.2 Å². The van der Waals surface area contributed by atoms with Crippen LogP contribution >= 0.6 is 11.6 Å². The van der Waals surface area contributed by atoms with E-state index in [0.29, 0.717) is 5.92 Å². The van der Waals surface area contributed by atoms with Gasteiger partial charge in [-0.1, -0.05) is 13.8 Å². The smallest absolute Gasteiger partial charge is 0.157 e. The van der Waals surface area contributed by atoms with Crippen LogP contribution in [0.4, 0.5) is 0 Å². The summed E-state index contributed by atoms with van der Waals surface area (Å²) in [5, 5.41) is 4.21. The van der Waals surface area contributed by atoms with E-state index in [1.165, 1.54) is 0 Å². The van der Waals surface area contributed by atoms with Gasteiger partial charge in [-0.2, -0.15) is 5.10 Å². The van der Waals surface area contributed by atoms with Crippen LogP contribution in [0.2, 0.25) is 0 Å². The molecule has 16 heavy (non-hydrogen) atoms. The zero-order valence-electron chi connectivity index (χ0n) is 10.2. The lowest BCUT2D eigenvalue weighted by Crippen LogP contribution is -2.04. The highest BCUT2D eigenvalue weighted by Crippen LogP contribution is 2.12. The maximum Gasteiger partial charge on any atom is 0.157 e. The minimum atomic E-state index is 0.628. The Balaban J connectivity index is 2.21. The summed E-state index contributed by atoms with van der Waals surface area (Å²) in [6, 6.07) is 0. The fourth-order valence-electron chi connectivity index (χ4n) is 1.48. The molecule has 0 saturated carbocycles. The third kappa shape index (κ3) is 4.88. The first-order valence-electron chi connectivity index (χ1n) is 5.97. The maximum atomic E-state index is 5.68. The molecule has 0 aliphatic heterocycles. The molecule has 1 atom stereocenters. The van der Waals surface area contributed by atoms with Crippen molar-refractivity contribution in [1.82, 2.24) is 9.78 Å².